The highest BCUT2D eigenvalue weighted by Gasteiger charge is 2.04. The van der Waals surface area contributed by atoms with Gasteiger partial charge in [0.2, 0.25) is 0 Å². The van der Waals surface area contributed by atoms with Crippen molar-refractivity contribution in [1.82, 2.24) is 5.32 Å². The minimum Gasteiger partial charge on any atom is -0.423 e. The van der Waals surface area contributed by atoms with Crippen LogP contribution in [0.2, 0.25) is 0 Å². The van der Waals surface area contributed by atoms with Crippen LogP contribution in [0.5, 0.6) is 0 Å². The molecule has 2 rings (SSSR count). The Morgan fingerprint density at radius 3 is 2.89 bits per heavy atom. The van der Waals surface area contributed by atoms with Crippen molar-refractivity contribution >= 4 is 34.0 Å². The second-order valence-corrected chi connectivity index (χ2v) is 4.75. The minimum atomic E-state index is -0.339. The van der Waals surface area contributed by atoms with Crippen molar-refractivity contribution < 1.29 is 4.42 Å². The van der Waals surface area contributed by atoms with Crippen LogP contribution in [0, 0.1) is 6.92 Å². The number of hydrogen-bond acceptors (Lipinski definition) is 3. The summed E-state index contributed by atoms with van der Waals surface area (Å²) in [7, 11) is 0. The van der Waals surface area contributed by atoms with E-state index in [9.17, 15) is 4.79 Å². The van der Waals surface area contributed by atoms with Crippen molar-refractivity contribution in [2.24, 2.45) is 0 Å². The van der Waals surface area contributed by atoms with Crippen molar-refractivity contribution in [2.45, 2.75) is 20.3 Å². The van der Waals surface area contributed by atoms with Crippen LogP contribution < -0.4 is 16.3 Å². The summed E-state index contributed by atoms with van der Waals surface area (Å²) in [6, 6.07) is 7.10. The molecule has 4 nitrogen and oxygen atoms in total. The topological polar surface area (TPSA) is 54.3 Å². The van der Waals surface area contributed by atoms with Crippen molar-refractivity contribution in [3.63, 3.8) is 0 Å². The molecule has 0 saturated heterocycles. The van der Waals surface area contributed by atoms with Crippen LogP contribution in [0.15, 0.2) is 33.5 Å². The van der Waals surface area contributed by atoms with E-state index < -0.39 is 0 Å². The molecule has 2 aromatic rings. The van der Waals surface area contributed by atoms with E-state index in [0.29, 0.717) is 10.7 Å². The number of fused-ring (bicyclic) bond motifs is 1. The van der Waals surface area contributed by atoms with Crippen molar-refractivity contribution in [3.8, 4) is 0 Å². The van der Waals surface area contributed by atoms with Gasteiger partial charge in [-0.2, -0.15) is 0 Å². The summed E-state index contributed by atoms with van der Waals surface area (Å²) in [6.07, 6.45) is 1.01. The molecule has 1 aromatic heterocycles. The second kappa shape index (κ2) is 5.84. The van der Waals surface area contributed by atoms with Crippen molar-refractivity contribution in [3.05, 3.63) is 40.2 Å². The third kappa shape index (κ3) is 3.32. The monoisotopic (exact) mass is 276 g/mol. The Labute approximate surface area is 116 Å². The zero-order valence-corrected chi connectivity index (χ0v) is 11.8. The summed E-state index contributed by atoms with van der Waals surface area (Å²) in [5.41, 5.74) is 1.93. The van der Waals surface area contributed by atoms with Gasteiger partial charge in [0, 0.05) is 29.8 Å². The molecule has 5 heteroatoms. The van der Waals surface area contributed by atoms with E-state index in [1.54, 1.807) is 6.07 Å². The number of benzene rings is 1. The first-order valence-electron chi connectivity index (χ1n) is 6.19. The first-order chi connectivity index (χ1) is 9.10. The quantitative estimate of drug-likeness (QED) is 0.667. The molecule has 0 aliphatic heterocycles. The van der Waals surface area contributed by atoms with Crippen LogP contribution >= 0.6 is 12.2 Å². The van der Waals surface area contributed by atoms with Crippen molar-refractivity contribution in [1.29, 1.82) is 0 Å². The maximum absolute atomic E-state index is 11.4. The molecular formula is C14H16N2O2S. The van der Waals surface area contributed by atoms with Crippen molar-refractivity contribution in [2.75, 3.05) is 11.9 Å². The third-order valence-corrected chi connectivity index (χ3v) is 2.99. The maximum atomic E-state index is 11.4. The number of hydrogen-bond donors (Lipinski definition) is 2. The lowest BCUT2D eigenvalue weighted by atomic mass is 10.1. The molecule has 0 bridgehead atoms. The minimum absolute atomic E-state index is 0.339. The number of nitrogens with one attached hydrogen (secondary N) is 2. The van der Waals surface area contributed by atoms with Crippen LogP contribution in [0.25, 0.3) is 11.0 Å². The summed E-state index contributed by atoms with van der Waals surface area (Å²) in [5.74, 6) is 0. The summed E-state index contributed by atoms with van der Waals surface area (Å²) >= 11 is 5.16. The first kappa shape index (κ1) is 13.5. The molecule has 0 spiro atoms. The predicted octanol–water partition coefficient (Wildman–Crippen LogP) is 2.80. The average Bonchev–Trinajstić information content (AvgIpc) is 2.35. The second-order valence-electron chi connectivity index (χ2n) is 4.34. The highest BCUT2D eigenvalue weighted by molar-refractivity contribution is 7.80. The van der Waals surface area contributed by atoms with E-state index in [2.05, 4.69) is 17.6 Å². The molecular weight excluding hydrogens is 260 g/mol. The van der Waals surface area contributed by atoms with Crippen LogP contribution in [0.4, 0.5) is 5.69 Å². The molecule has 0 aliphatic carbocycles. The number of rotatable bonds is 3. The van der Waals surface area contributed by atoms with Gasteiger partial charge >= 0.3 is 5.63 Å². The molecule has 0 atom stereocenters. The van der Waals surface area contributed by atoms with Gasteiger partial charge in [0.1, 0.15) is 5.58 Å². The Hall–Kier alpha value is -1.88. The molecule has 0 saturated carbocycles. The lowest BCUT2D eigenvalue weighted by Crippen LogP contribution is -2.28. The largest absolute Gasteiger partial charge is 0.423 e. The molecule has 0 fully saturated rings. The molecule has 0 aliphatic rings. The Morgan fingerprint density at radius 1 is 1.37 bits per heavy atom. The van der Waals surface area contributed by atoms with Gasteiger partial charge in [0.15, 0.2) is 5.11 Å². The molecule has 0 unspecified atom stereocenters. The van der Waals surface area contributed by atoms with Gasteiger partial charge in [-0.15, -0.1) is 0 Å². The fourth-order valence-electron chi connectivity index (χ4n) is 1.82. The number of aryl methyl sites for hydroxylation is 1. The average molecular weight is 276 g/mol. The van der Waals surface area contributed by atoms with E-state index in [1.807, 2.05) is 19.1 Å². The van der Waals surface area contributed by atoms with Crippen LogP contribution in [0.3, 0.4) is 0 Å². The molecule has 1 aromatic carbocycles. The van der Waals surface area contributed by atoms with Gasteiger partial charge in [0.25, 0.3) is 0 Å². The maximum Gasteiger partial charge on any atom is 0.336 e. The third-order valence-electron chi connectivity index (χ3n) is 2.74. The Bertz CT molecular complexity index is 664. The van der Waals surface area contributed by atoms with Gasteiger partial charge in [-0.3, -0.25) is 0 Å². The lowest BCUT2D eigenvalue weighted by Gasteiger charge is -2.10. The molecule has 19 heavy (non-hydrogen) atoms. The van der Waals surface area contributed by atoms with Crippen LogP contribution in [0.1, 0.15) is 18.9 Å². The lowest BCUT2D eigenvalue weighted by molar-refractivity contribution is 0.560. The molecule has 0 radical (unpaired) electrons. The van der Waals surface area contributed by atoms with Crippen LogP contribution in [-0.4, -0.2) is 11.7 Å². The predicted molar refractivity (Wildman–Crippen MR) is 81.7 cm³/mol. The normalized spacial score (nSPS) is 10.4. The summed E-state index contributed by atoms with van der Waals surface area (Å²) < 4.78 is 5.19. The summed E-state index contributed by atoms with van der Waals surface area (Å²) in [6.45, 7) is 4.79. The standard InChI is InChI=1S/C14H16N2O2S/c1-3-6-15-14(19)16-10-4-5-11-9(2)7-13(17)18-12(11)8-10/h4-5,7-8H,3,6H2,1-2H3,(H2,15,16,19). The van der Waals surface area contributed by atoms with Gasteiger partial charge in [-0.1, -0.05) is 6.92 Å². The van der Waals surface area contributed by atoms with E-state index in [4.69, 9.17) is 16.6 Å². The van der Waals surface area contributed by atoms with Gasteiger partial charge < -0.3 is 15.1 Å². The highest BCUT2D eigenvalue weighted by Crippen LogP contribution is 2.20. The molecule has 100 valence electrons. The zero-order chi connectivity index (χ0) is 13.8. The summed E-state index contributed by atoms with van der Waals surface area (Å²) in [4.78, 5) is 11.4. The first-order valence-corrected chi connectivity index (χ1v) is 6.60. The zero-order valence-electron chi connectivity index (χ0n) is 10.9. The summed E-state index contributed by atoms with van der Waals surface area (Å²) in [5, 5.41) is 7.64. The SMILES string of the molecule is CCCNC(=S)Nc1ccc2c(C)cc(=O)oc2c1. The highest BCUT2D eigenvalue weighted by atomic mass is 32.1. The van der Waals surface area contributed by atoms with E-state index in [-0.39, 0.29) is 5.63 Å². The fourth-order valence-corrected chi connectivity index (χ4v) is 2.04. The number of thiocarbonyl (C=S) groups is 1. The van der Waals surface area contributed by atoms with Gasteiger partial charge in [-0.25, -0.2) is 4.79 Å². The van der Waals surface area contributed by atoms with E-state index in [0.717, 1.165) is 29.6 Å². The Balaban J connectivity index is 2.26. The van der Waals surface area contributed by atoms with E-state index >= 15 is 0 Å². The van der Waals surface area contributed by atoms with Crippen LogP contribution in [-0.2, 0) is 0 Å². The Kier molecular flexibility index (Phi) is 4.16. The molecule has 1 heterocycles. The molecule has 0 amide bonds. The molecule has 2 N–H and O–H groups in total. The smallest absolute Gasteiger partial charge is 0.336 e. The van der Waals surface area contributed by atoms with Gasteiger partial charge in [-0.05, 0) is 43.3 Å². The number of anilines is 1. The Morgan fingerprint density at radius 2 is 2.16 bits per heavy atom. The van der Waals surface area contributed by atoms with Gasteiger partial charge in [0.05, 0.1) is 0 Å². The fraction of sp³-hybridized carbons (Fsp3) is 0.286. The van der Waals surface area contributed by atoms with E-state index in [1.165, 1.54) is 6.07 Å².